The van der Waals surface area contributed by atoms with Gasteiger partial charge in [0, 0.05) is 19.6 Å². The molecule has 6 heteroatoms. The van der Waals surface area contributed by atoms with Gasteiger partial charge in [-0.2, -0.15) is 0 Å². The van der Waals surface area contributed by atoms with E-state index in [1.54, 1.807) is 12.0 Å². The Bertz CT molecular complexity index is 523. The highest BCUT2D eigenvalue weighted by Crippen LogP contribution is 2.34. The number of hydrogen-bond acceptors (Lipinski definition) is 4. The fourth-order valence-corrected chi connectivity index (χ4v) is 4.63. The second-order valence-corrected chi connectivity index (χ2v) is 8.84. The summed E-state index contributed by atoms with van der Waals surface area (Å²) in [5.74, 6) is 0.926. The molecule has 22 heavy (non-hydrogen) atoms. The van der Waals surface area contributed by atoms with E-state index < -0.39 is 0 Å². The molecule has 1 aliphatic carbocycles. The summed E-state index contributed by atoms with van der Waals surface area (Å²) in [6.45, 7) is 3.21. The van der Waals surface area contributed by atoms with Crippen molar-refractivity contribution < 1.29 is 14.3 Å². The molecule has 4 nitrogen and oxygen atoms in total. The van der Waals surface area contributed by atoms with Gasteiger partial charge in [-0.05, 0) is 60.3 Å². The van der Waals surface area contributed by atoms with E-state index in [2.05, 4.69) is 29.5 Å². The highest BCUT2D eigenvalue weighted by Gasteiger charge is 2.30. The predicted molar refractivity (Wildman–Crippen MR) is 97.8 cm³/mol. The number of anilines is 1. The zero-order valence-corrected chi connectivity index (χ0v) is 16.0. The van der Waals surface area contributed by atoms with Crippen LogP contribution in [0.4, 0.5) is 5.69 Å². The SMILES string of the molecule is COCCN(C(=O)C1CCC(C)CC1)c1cc(I)sc1C=O. The van der Waals surface area contributed by atoms with Gasteiger partial charge in [-0.25, -0.2) is 0 Å². The number of amides is 1. The molecular formula is C16H22INO3S. The van der Waals surface area contributed by atoms with Crippen LogP contribution in [0.2, 0.25) is 0 Å². The lowest BCUT2D eigenvalue weighted by Gasteiger charge is -2.31. The maximum atomic E-state index is 12.9. The second kappa shape index (κ2) is 8.40. The molecule has 0 atom stereocenters. The van der Waals surface area contributed by atoms with Crippen molar-refractivity contribution >= 4 is 51.8 Å². The molecule has 122 valence electrons. The first-order chi connectivity index (χ1) is 10.6. The molecule has 0 saturated heterocycles. The van der Waals surface area contributed by atoms with Gasteiger partial charge in [0.15, 0.2) is 6.29 Å². The Morgan fingerprint density at radius 1 is 1.45 bits per heavy atom. The molecule has 1 aliphatic rings. The van der Waals surface area contributed by atoms with Gasteiger partial charge >= 0.3 is 0 Å². The summed E-state index contributed by atoms with van der Waals surface area (Å²) in [7, 11) is 1.63. The van der Waals surface area contributed by atoms with E-state index in [1.807, 2.05) is 6.07 Å². The largest absolute Gasteiger partial charge is 0.383 e. The summed E-state index contributed by atoms with van der Waals surface area (Å²) in [5, 5.41) is 0. The van der Waals surface area contributed by atoms with E-state index in [4.69, 9.17) is 4.74 Å². The van der Waals surface area contributed by atoms with Crippen molar-refractivity contribution in [2.75, 3.05) is 25.2 Å². The van der Waals surface area contributed by atoms with Gasteiger partial charge in [0.2, 0.25) is 5.91 Å². The number of methoxy groups -OCH3 is 1. The Labute approximate surface area is 149 Å². The number of thiophene rings is 1. The Morgan fingerprint density at radius 3 is 2.73 bits per heavy atom. The average molecular weight is 435 g/mol. The van der Waals surface area contributed by atoms with E-state index in [-0.39, 0.29) is 11.8 Å². The van der Waals surface area contributed by atoms with Crippen LogP contribution in [0.3, 0.4) is 0 Å². The molecule has 1 aromatic heterocycles. The number of carbonyl (C=O) groups excluding carboxylic acids is 2. The quantitative estimate of drug-likeness (QED) is 0.502. The molecule has 1 saturated carbocycles. The monoisotopic (exact) mass is 435 g/mol. The van der Waals surface area contributed by atoms with Gasteiger partial charge in [0.05, 0.1) is 20.1 Å². The van der Waals surface area contributed by atoms with E-state index in [0.29, 0.717) is 23.9 Å². The third-order valence-electron chi connectivity index (χ3n) is 4.26. The predicted octanol–water partition coefficient (Wildman–Crippen LogP) is 3.97. The molecule has 1 fully saturated rings. The van der Waals surface area contributed by atoms with Crippen molar-refractivity contribution in [1.29, 1.82) is 0 Å². The number of rotatable bonds is 6. The first-order valence-electron chi connectivity index (χ1n) is 7.61. The van der Waals surface area contributed by atoms with E-state index in [9.17, 15) is 9.59 Å². The van der Waals surface area contributed by atoms with Crippen molar-refractivity contribution in [2.45, 2.75) is 32.6 Å². The molecule has 0 N–H and O–H groups in total. The molecule has 1 amide bonds. The van der Waals surface area contributed by atoms with Gasteiger partial charge in [0.1, 0.15) is 0 Å². The summed E-state index contributed by atoms with van der Waals surface area (Å²) in [4.78, 5) is 26.6. The molecular weight excluding hydrogens is 413 g/mol. The van der Waals surface area contributed by atoms with Gasteiger partial charge in [-0.15, -0.1) is 11.3 Å². The van der Waals surface area contributed by atoms with Crippen molar-refractivity contribution in [3.05, 3.63) is 13.8 Å². The summed E-state index contributed by atoms with van der Waals surface area (Å²) in [6, 6.07) is 1.92. The lowest BCUT2D eigenvalue weighted by molar-refractivity contribution is -0.123. The maximum Gasteiger partial charge on any atom is 0.230 e. The van der Waals surface area contributed by atoms with Crippen LogP contribution in [0.5, 0.6) is 0 Å². The molecule has 2 rings (SSSR count). The second-order valence-electron chi connectivity index (χ2n) is 5.86. The number of carbonyl (C=O) groups is 2. The van der Waals surface area contributed by atoms with Crippen LogP contribution >= 0.6 is 33.9 Å². The number of hydrogen-bond donors (Lipinski definition) is 0. The summed E-state index contributed by atoms with van der Waals surface area (Å²) in [6.07, 6.45) is 4.95. The summed E-state index contributed by atoms with van der Waals surface area (Å²) >= 11 is 3.62. The molecule has 0 spiro atoms. The standard InChI is InChI=1S/C16H22INO3S/c1-11-3-5-12(6-4-11)16(20)18(7-8-21-2)13-9-15(17)22-14(13)10-19/h9-12H,3-8H2,1-2H3. The summed E-state index contributed by atoms with van der Waals surface area (Å²) < 4.78 is 6.16. The minimum atomic E-state index is 0.0742. The number of ether oxygens (including phenoxy) is 1. The first kappa shape index (κ1) is 17.9. The van der Waals surface area contributed by atoms with Crippen LogP contribution in [-0.4, -0.2) is 32.5 Å². The average Bonchev–Trinajstić information content (AvgIpc) is 2.89. The Morgan fingerprint density at radius 2 is 2.14 bits per heavy atom. The number of halogens is 1. The molecule has 0 bridgehead atoms. The van der Waals surface area contributed by atoms with Gasteiger partial charge in [0.25, 0.3) is 0 Å². The fourth-order valence-electron chi connectivity index (χ4n) is 2.92. The van der Waals surface area contributed by atoms with Crippen LogP contribution in [-0.2, 0) is 9.53 Å². The van der Waals surface area contributed by atoms with E-state index in [0.717, 1.165) is 40.5 Å². The third kappa shape index (κ3) is 4.29. The van der Waals surface area contributed by atoms with Crippen LogP contribution < -0.4 is 4.90 Å². The van der Waals surface area contributed by atoms with Gasteiger partial charge in [-0.3, -0.25) is 9.59 Å². The van der Waals surface area contributed by atoms with Crippen LogP contribution in [0.15, 0.2) is 6.07 Å². The Kier molecular flexibility index (Phi) is 6.83. The smallest absolute Gasteiger partial charge is 0.230 e. The topological polar surface area (TPSA) is 46.6 Å². The van der Waals surface area contributed by atoms with Crippen LogP contribution in [0, 0.1) is 14.7 Å². The van der Waals surface area contributed by atoms with Crippen molar-refractivity contribution in [2.24, 2.45) is 11.8 Å². The first-order valence-corrected chi connectivity index (χ1v) is 9.51. The molecule has 0 unspecified atom stereocenters. The lowest BCUT2D eigenvalue weighted by Crippen LogP contribution is -2.40. The van der Waals surface area contributed by atoms with Crippen molar-refractivity contribution in [3.63, 3.8) is 0 Å². The number of nitrogens with zero attached hydrogens (tertiary/aromatic N) is 1. The molecule has 0 aromatic carbocycles. The van der Waals surface area contributed by atoms with E-state index in [1.165, 1.54) is 11.3 Å². The zero-order valence-electron chi connectivity index (χ0n) is 13.0. The van der Waals surface area contributed by atoms with Gasteiger partial charge in [-0.1, -0.05) is 6.92 Å². The van der Waals surface area contributed by atoms with Crippen molar-refractivity contribution in [1.82, 2.24) is 0 Å². The molecule has 0 radical (unpaired) electrons. The lowest BCUT2D eigenvalue weighted by atomic mass is 9.82. The minimum Gasteiger partial charge on any atom is -0.383 e. The Hall–Kier alpha value is -0.470. The van der Waals surface area contributed by atoms with E-state index >= 15 is 0 Å². The molecule has 1 heterocycles. The normalized spacial score (nSPS) is 21.6. The Balaban J connectivity index is 2.21. The summed E-state index contributed by atoms with van der Waals surface area (Å²) in [5.41, 5.74) is 0.741. The van der Waals surface area contributed by atoms with Gasteiger partial charge < -0.3 is 9.64 Å². The van der Waals surface area contributed by atoms with Crippen molar-refractivity contribution in [3.8, 4) is 0 Å². The highest BCUT2D eigenvalue weighted by molar-refractivity contribution is 14.1. The maximum absolute atomic E-state index is 12.9. The minimum absolute atomic E-state index is 0.0742. The molecule has 1 aromatic rings. The fraction of sp³-hybridized carbons (Fsp3) is 0.625. The zero-order chi connectivity index (χ0) is 16.1. The highest BCUT2D eigenvalue weighted by atomic mass is 127. The van der Waals surface area contributed by atoms with Crippen LogP contribution in [0.25, 0.3) is 0 Å². The molecule has 0 aliphatic heterocycles. The van der Waals surface area contributed by atoms with Crippen LogP contribution in [0.1, 0.15) is 42.3 Å². The third-order valence-corrected chi connectivity index (χ3v) is 6.07. The number of aldehydes is 1.